The zero-order valence-corrected chi connectivity index (χ0v) is 16.7. The van der Waals surface area contributed by atoms with Crippen molar-refractivity contribution >= 4 is 0 Å². The van der Waals surface area contributed by atoms with E-state index >= 15 is 0 Å². The van der Waals surface area contributed by atoms with Gasteiger partial charge in [-0.2, -0.15) is 13.2 Å². The highest BCUT2D eigenvalue weighted by atomic mass is 19.4. The Morgan fingerprint density at radius 2 is 1.77 bits per heavy atom. The van der Waals surface area contributed by atoms with E-state index in [1.807, 2.05) is 0 Å². The fourth-order valence-corrected chi connectivity index (χ4v) is 3.75. The average molecular weight is 437 g/mol. The Balaban J connectivity index is 1.84. The summed E-state index contributed by atoms with van der Waals surface area (Å²) in [6.07, 6.45) is -4.50. The van der Waals surface area contributed by atoms with E-state index in [-0.39, 0.29) is 17.0 Å². The highest BCUT2D eigenvalue weighted by Gasteiger charge is 2.31. The molecule has 1 saturated heterocycles. The maximum atomic E-state index is 14.6. The lowest BCUT2D eigenvalue weighted by atomic mass is 10.1. The zero-order valence-electron chi connectivity index (χ0n) is 16.7. The first-order valence-corrected chi connectivity index (χ1v) is 9.73. The molecule has 0 bridgehead atoms. The Bertz CT molecular complexity index is 1090. The second-order valence-corrected chi connectivity index (χ2v) is 7.38. The quantitative estimate of drug-likeness (QED) is 0.545. The van der Waals surface area contributed by atoms with Gasteiger partial charge in [0.25, 0.3) is 0 Å². The number of halogens is 5. The summed E-state index contributed by atoms with van der Waals surface area (Å²) in [6, 6.07) is 8.10. The maximum absolute atomic E-state index is 14.6. The van der Waals surface area contributed by atoms with Crippen LogP contribution in [0.2, 0.25) is 0 Å². The summed E-state index contributed by atoms with van der Waals surface area (Å²) in [7, 11) is 1.61. The summed E-state index contributed by atoms with van der Waals surface area (Å²) in [5, 5.41) is 0. The molecule has 0 atom stereocenters. The molecule has 0 saturated carbocycles. The number of morpholine rings is 1. The summed E-state index contributed by atoms with van der Waals surface area (Å²) in [5.74, 6) is -1.20. The van der Waals surface area contributed by atoms with Gasteiger partial charge in [0.1, 0.15) is 17.5 Å². The van der Waals surface area contributed by atoms with Crippen molar-refractivity contribution in [1.82, 2.24) is 14.5 Å². The van der Waals surface area contributed by atoms with Crippen LogP contribution in [0, 0.1) is 11.6 Å². The molecule has 3 aromatic rings. The molecule has 0 spiro atoms. The molecule has 1 aliphatic rings. The number of nitrogens with zero attached hydrogens (tertiary/aromatic N) is 3. The van der Waals surface area contributed by atoms with E-state index in [4.69, 9.17) is 4.74 Å². The van der Waals surface area contributed by atoms with E-state index in [1.165, 1.54) is 18.2 Å². The van der Waals surface area contributed by atoms with E-state index in [9.17, 15) is 22.0 Å². The Morgan fingerprint density at radius 3 is 2.45 bits per heavy atom. The van der Waals surface area contributed by atoms with Gasteiger partial charge >= 0.3 is 6.18 Å². The van der Waals surface area contributed by atoms with E-state index in [2.05, 4.69) is 9.88 Å². The second-order valence-electron chi connectivity index (χ2n) is 7.38. The SMILES string of the molecule is Cn1c(-c2cccc(C(F)(F)F)c2)nc(CN2CCOCC2)c1-c1ccc(F)cc1F. The van der Waals surface area contributed by atoms with Crippen molar-refractivity contribution in [2.45, 2.75) is 12.7 Å². The molecule has 1 aliphatic heterocycles. The molecule has 1 aromatic heterocycles. The average Bonchev–Trinajstić information content (AvgIpc) is 3.04. The van der Waals surface area contributed by atoms with Gasteiger partial charge in [-0.3, -0.25) is 4.90 Å². The number of aromatic nitrogens is 2. The molecule has 2 aromatic carbocycles. The summed E-state index contributed by atoms with van der Waals surface area (Å²) in [6.45, 7) is 2.77. The van der Waals surface area contributed by atoms with Gasteiger partial charge in [0.2, 0.25) is 0 Å². The van der Waals surface area contributed by atoms with Gasteiger partial charge in [0.05, 0.1) is 30.2 Å². The lowest BCUT2D eigenvalue weighted by Crippen LogP contribution is -2.35. The van der Waals surface area contributed by atoms with Gasteiger partial charge in [-0.25, -0.2) is 13.8 Å². The van der Waals surface area contributed by atoms with Crippen LogP contribution in [-0.4, -0.2) is 40.8 Å². The molecule has 164 valence electrons. The van der Waals surface area contributed by atoms with Crippen LogP contribution in [0.1, 0.15) is 11.3 Å². The number of benzene rings is 2. The summed E-state index contributed by atoms with van der Waals surface area (Å²) < 4.78 is 74.6. The number of ether oxygens (including phenoxy) is 1. The van der Waals surface area contributed by atoms with E-state index in [0.717, 1.165) is 24.3 Å². The number of hydrogen-bond acceptors (Lipinski definition) is 3. The first-order valence-electron chi connectivity index (χ1n) is 9.73. The predicted molar refractivity (Wildman–Crippen MR) is 105 cm³/mol. The van der Waals surface area contributed by atoms with Gasteiger partial charge in [0, 0.05) is 43.9 Å². The molecule has 2 heterocycles. The lowest BCUT2D eigenvalue weighted by Gasteiger charge is -2.26. The molecule has 4 rings (SSSR count). The summed E-state index contributed by atoms with van der Waals surface area (Å²) >= 11 is 0. The highest BCUT2D eigenvalue weighted by Crippen LogP contribution is 2.35. The molecule has 0 N–H and O–H groups in total. The van der Waals surface area contributed by atoms with Crippen molar-refractivity contribution in [3.05, 3.63) is 65.4 Å². The van der Waals surface area contributed by atoms with E-state index in [0.29, 0.717) is 44.2 Å². The Kier molecular flexibility index (Phi) is 5.81. The first-order chi connectivity index (χ1) is 14.7. The fourth-order valence-electron chi connectivity index (χ4n) is 3.75. The normalized spacial score (nSPS) is 15.4. The van der Waals surface area contributed by atoms with Crippen molar-refractivity contribution in [3.8, 4) is 22.6 Å². The lowest BCUT2D eigenvalue weighted by molar-refractivity contribution is -0.137. The van der Waals surface area contributed by atoms with Gasteiger partial charge in [-0.15, -0.1) is 0 Å². The van der Waals surface area contributed by atoms with Gasteiger partial charge in [0.15, 0.2) is 0 Å². The topological polar surface area (TPSA) is 30.3 Å². The number of imidazole rings is 1. The molecule has 31 heavy (non-hydrogen) atoms. The molecule has 1 fully saturated rings. The predicted octanol–water partition coefficient (Wildman–Crippen LogP) is 4.88. The molecular weight excluding hydrogens is 417 g/mol. The van der Waals surface area contributed by atoms with Crippen molar-refractivity contribution in [1.29, 1.82) is 0 Å². The molecular formula is C22H20F5N3O. The summed E-state index contributed by atoms with van der Waals surface area (Å²) in [4.78, 5) is 6.67. The molecule has 4 nitrogen and oxygen atoms in total. The molecule has 0 amide bonds. The largest absolute Gasteiger partial charge is 0.416 e. The highest BCUT2D eigenvalue weighted by molar-refractivity contribution is 5.69. The number of rotatable bonds is 4. The molecule has 9 heteroatoms. The van der Waals surface area contributed by atoms with Gasteiger partial charge < -0.3 is 9.30 Å². The van der Waals surface area contributed by atoms with Crippen molar-refractivity contribution in [2.75, 3.05) is 26.3 Å². The minimum atomic E-state index is -4.50. The minimum Gasteiger partial charge on any atom is -0.379 e. The molecule has 0 aliphatic carbocycles. The third-order valence-electron chi connectivity index (χ3n) is 5.28. The van der Waals surface area contributed by atoms with Gasteiger partial charge in [-0.1, -0.05) is 12.1 Å². The standard InChI is InChI=1S/C22H20F5N3O/c1-29-20(17-6-5-16(23)12-18(17)24)19(13-30-7-9-31-10-8-30)28-21(29)14-3-2-4-15(11-14)22(25,26)27/h2-6,11-12H,7-10,13H2,1H3. The summed E-state index contributed by atoms with van der Waals surface area (Å²) in [5.41, 5.74) is 0.503. The third-order valence-corrected chi connectivity index (χ3v) is 5.28. The molecule has 0 radical (unpaired) electrons. The number of alkyl halides is 3. The van der Waals surface area contributed by atoms with Crippen LogP contribution in [0.3, 0.4) is 0 Å². The maximum Gasteiger partial charge on any atom is 0.416 e. The van der Waals surface area contributed by atoms with Crippen molar-refractivity contribution in [2.24, 2.45) is 7.05 Å². The van der Waals surface area contributed by atoms with Crippen LogP contribution < -0.4 is 0 Å². The van der Waals surface area contributed by atoms with E-state index in [1.54, 1.807) is 11.6 Å². The van der Waals surface area contributed by atoms with Gasteiger partial charge in [-0.05, 0) is 24.3 Å². The Hall–Kier alpha value is -2.78. The van der Waals surface area contributed by atoms with Crippen LogP contribution in [0.5, 0.6) is 0 Å². The minimum absolute atomic E-state index is 0.137. The van der Waals surface area contributed by atoms with Crippen LogP contribution in [-0.2, 0) is 24.5 Å². The van der Waals surface area contributed by atoms with Crippen LogP contribution in [0.15, 0.2) is 42.5 Å². The first kappa shape index (κ1) is 21.5. The van der Waals surface area contributed by atoms with E-state index < -0.39 is 23.4 Å². The zero-order chi connectivity index (χ0) is 22.2. The van der Waals surface area contributed by atoms with Crippen molar-refractivity contribution < 1.29 is 26.7 Å². The second kappa shape index (κ2) is 8.39. The van der Waals surface area contributed by atoms with Crippen LogP contribution in [0.4, 0.5) is 22.0 Å². The Labute approximate surface area is 175 Å². The number of hydrogen-bond donors (Lipinski definition) is 0. The fraction of sp³-hybridized carbons (Fsp3) is 0.318. The van der Waals surface area contributed by atoms with Crippen LogP contribution in [0.25, 0.3) is 22.6 Å². The monoisotopic (exact) mass is 437 g/mol. The van der Waals surface area contributed by atoms with Crippen molar-refractivity contribution in [3.63, 3.8) is 0 Å². The smallest absolute Gasteiger partial charge is 0.379 e. The molecule has 0 unspecified atom stereocenters. The third kappa shape index (κ3) is 4.47. The Morgan fingerprint density at radius 1 is 1.03 bits per heavy atom. The van der Waals surface area contributed by atoms with Crippen LogP contribution >= 0.6 is 0 Å².